The molecule has 0 amide bonds. The molecule has 2 heteroatoms. The number of benzene rings is 1. The highest BCUT2D eigenvalue weighted by atomic mass is 14.8. The second-order valence-electron chi connectivity index (χ2n) is 4.11. The molecule has 1 aromatic carbocycles. The largest absolute Gasteiger partial charge is 0.249 e. The molecule has 2 aromatic rings. The molecule has 0 bridgehead atoms. The minimum atomic E-state index is 1.02. The van der Waals surface area contributed by atoms with Crippen LogP contribution in [0.25, 0.3) is 11.0 Å². The normalized spacial score (nSPS) is 10.9. The Kier molecular flexibility index (Phi) is 3.50. The Morgan fingerprint density at radius 2 is 1.25 bits per heavy atom. The van der Waals surface area contributed by atoms with Crippen LogP contribution >= 0.6 is 0 Å². The molecule has 0 unspecified atom stereocenters. The van der Waals surface area contributed by atoms with Gasteiger partial charge in [-0.1, -0.05) is 38.8 Å². The van der Waals surface area contributed by atoms with Gasteiger partial charge in [-0.3, -0.25) is 0 Å². The third-order valence-electron chi connectivity index (χ3n) is 2.70. The molecule has 0 aliphatic rings. The van der Waals surface area contributed by atoms with Crippen molar-refractivity contribution in [3.05, 3.63) is 35.7 Å². The Morgan fingerprint density at radius 3 is 1.62 bits per heavy atom. The summed E-state index contributed by atoms with van der Waals surface area (Å²) in [7, 11) is 0. The Morgan fingerprint density at radius 1 is 0.812 bits per heavy atom. The summed E-state index contributed by atoms with van der Waals surface area (Å²) in [5.41, 5.74) is 4.41. The third kappa shape index (κ3) is 2.21. The van der Waals surface area contributed by atoms with Crippen LogP contribution in [-0.2, 0) is 12.8 Å². The zero-order chi connectivity index (χ0) is 11.4. The van der Waals surface area contributed by atoms with Crippen LogP contribution in [0.15, 0.2) is 24.3 Å². The van der Waals surface area contributed by atoms with Crippen LogP contribution in [0, 0.1) is 0 Å². The third-order valence-corrected chi connectivity index (χ3v) is 2.70. The van der Waals surface area contributed by atoms with Gasteiger partial charge in [0.2, 0.25) is 0 Å². The molecular formula is C14H18N2. The number of nitrogens with zero attached hydrogens (tertiary/aromatic N) is 2. The van der Waals surface area contributed by atoms with Crippen LogP contribution in [0.1, 0.15) is 38.1 Å². The molecule has 84 valence electrons. The van der Waals surface area contributed by atoms with Crippen LogP contribution in [0.3, 0.4) is 0 Å². The average molecular weight is 214 g/mol. The van der Waals surface area contributed by atoms with E-state index in [2.05, 4.69) is 13.8 Å². The number of para-hydroxylation sites is 2. The maximum absolute atomic E-state index is 4.72. The number of aromatic nitrogens is 2. The monoisotopic (exact) mass is 214 g/mol. The average Bonchev–Trinajstić information content (AvgIpc) is 2.30. The van der Waals surface area contributed by atoms with Gasteiger partial charge in [-0.25, -0.2) is 9.97 Å². The molecule has 0 atom stereocenters. The maximum atomic E-state index is 4.72. The summed E-state index contributed by atoms with van der Waals surface area (Å²) in [5.74, 6) is 0. The summed E-state index contributed by atoms with van der Waals surface area (Å²) in [6, 6.07) is 8.12. The van der Waals surface area contributed by atoms with E-state index in [9.17, 15) is 0 Å². The topological polar surface area (TPSA) is 25.8 Å². The highest BCUT2D eigenvalue weighted by molar-refractivity contribution is 5.74. The maximum Gasteiger partial charge on any atom is 0.0890 e. The molecule has 0 aliphatic carbocycles. The Labute approximate surface area is 96.7 Å². The second-order valence-corrected chi connectivity index (χ2v) is 4.11. The van der Waals surface area contributed by atoms with Gasteiger partial charge in [-0.05, 0) is 25.0 Å². The lowest BCUT2D eigenvalue weighted by Crippen LogP contribution is -2.02. The zero-order valence-electron chi connectivity index (χ0n) is 10.0. The molecule has 1 heterocycles. The van der Waals surface area contributed by atoms with Crippen molar-refractivity contribution in [3.63, 3.8) is 0 Å². The lowest BCUT2D eigenvalue weighted by atomic mass is 10.1. The van der Waals surface area contributed by atoms with Gasteiger partial charge in [-0.2, -0.15) is 0 Å². The summed E-state index contributed by atoms with van der Waals surface area (Å²) in [6.07, 6.45) is 4.33. The van der Waals surface area contributed by atoms with E-state index in [-0.39, 0.29) is 0 Å². The van der Waals surface area contributed by atoms with Gasteiger partial charge in [0.05, 0.1) is 22.4 Å². The molecule has 2 nitrogen and oxygen atoms in total. The van der Waals surface area contributed by atoms with Crippen molar-refractivity contribution in [1.29, 1.82) is 0 Å². The van der Waals surface area contributed by atoms with Crippen molar-refractivity contribution in [3.8, 4) is 0 Å². The van der Waals surface area contributed by atoms with Crippen molar-refractivity contribution in [2.24, 2.45) is 0 Å². The van der Waals surface area contributed by atoms with E-state index in [1.807, 2.05) is 24.3 Å². The van der Waals surface area contributed by atoms with Crippen molar-refractivity contribution in [1.82, 2.24) is 9.97 Å². The number of fused-ring (bicyclic) bond motifs is 1. The zero-order valence-corrected chi connectivity index (χ0v) is 10.0. The summed E-state index contributed by atoms with van der Waals surface area (Å²) >= 11 is 0. The van der Waals surface area contributed by atoms with Crippen LogP contribution in [0.4, 0.5) is 0 Å². The summed E-state index contributed by atoms with van der Waals surface area (Å²) in [6.45, 7) is 4.37. The second kappa shape index (κ2) is 5.06. The molecule has 2 rings (SSSR count). The fourth-order valence-corrected chi connectivity index (χ4v) is 1.95. The number of hydrogen-bond donors (Lipinski definition) is 0. The van der Waals surface area contributed by atoms with E-state index >= 15 is 0 Å². The molecule has 0 fully saturated rings. The van der Waals surface area contributed by atoms with Crippen molar-refractivity contribution >= 4 is 11.0 Å². The SMILES string of the molecule is CCCc1nc2ccccc2nc1CCC. The lowest BCUT2D eigenvalue weighted by Gasteiger charge is -2.07. The minimum Gasteiger partial charge on any atom is -0.249 e. The highest BCUT2D eigenvalue weighted by Gasteiger charge is 2.06. The van der Waals surface area contributed by atoms with Crippen molar-refractivity contribution < 1.29 is 0 Å². The lowest BCUT2D eigenvalue weighted by molar-refractivity contribution is 0.809. The van der Waals surface area contributed by atoms with Gasteiger partial charge in [0.25, 0.3) is 0 Å². The van der Waals surface area contributed by atoms with Crippen molar-refractivity contribution in [2.75, 3.05) is 0 Å². The van der Waals surface area contributed by atoms with Gasteiger partial charge in [0.1, 0.15) is 0 Å². The molecule has 0 radical (unpaired) electrons. The fraction of sp³-hybridized carbons (Fsp3) is 0.429. The first-order valence-electron chi connectivity index (χ1n) is 6.09. The van der Waals surface area contributed by atoms with E-state index < -0.39 is 0 Å². The molecule has 0 aliphatic heterocycles. The Balaban J connectivity index is 2.51. The molecule has 1 aromatic heterocycles. The molecular weight excluding hydrogens is 196 g/mol. The van der Waals surface area contributed by atoms with E-state index in [4.69, 9.17) is 9.97 Å². The first kappa shape index (κ1) is 11.1. The Hall–Kier alpha value is -1.44. The van der Waals surface area contributed by atoms with E-state index in [1.54, 1.807) is 0 Å². The number of rotatable bonds is 4. The molecule has 0 saturated heterocycles. The molecule has 0 N–H and O–H groups in total. The van der Waals surface area contributed by atoms with Crippen LogP contribution in [0.5, 0.6) is 0 Å². The molecule has 0 spiro atoms. The predicted octanol–water partition coefficient (Wildman–Crippen LogP) is 3.53. The first-order valence-corrected chi connectivity index (χ1v) is 6.09. The molecule has 16 heavy (non-hydrogen) atoms. The standard InChI is InChI=1S/C14H18N2/c1-3-7-11-12(8-4-2)16-14-10-6-5-9-13(14)15-11/h5-6,9-10H,3-4,7-8H2,1-2H3. The van der Waals surface area contributed by atoms with E-state index in [0.29, 0.717) is 0 Å². The molecule has 0 saturated carbocycles. The van der Waals surface area contributed by atoms with Crippen LogP contribution in [-0.4, -0.2) is 9.97 Å². The summed E-state index contributed by atoms with van der Waals surface area (Å²) < 4.78 is 0. The summed E-state index contributed by atoms with van der Waals surface area (Å²) in [5, 5.41) is 0. The number of aryl methyl sites for hydroxylation is 2. The van der Waals surface area contributed by atoms with Gasteiger partial charge in [-0.15, -0.1) is 0 Å². The first-order chi connectivity index (χ1) is 7.85. The quantitative estimate of drug-likeness (QED) is 0.778. The fourth-order valence-electron chi connectivity index (χ4n) is 1.95. The van der Waals surface area contributed by atoms with Gasteiger partial charge >= 0.3 is 0 Å². The highest BCUT2D eigenvalue weighted by Crippen LogP contribution is 2.15. The predicted molar refractivity (Wildman–Crippen MR) is 67.5 cm³/mol. The van der Waals surface area contributed by atoms with Crippen LogP contribution < -0.4 is 0 Å². The smallest absolute Gasteiger partial charge is 0.0890 e. The minimum absolute atomic E-state index is 1.02. The summed E-state index contributed by atoms with van der Waals surface area (Å²) in [4.78, 5) is 9.44. The van der Waals surface area contributed by atoms with Crippen molar-refractivity contribution in [2.45, 2.75) is 39.5 Å². The van der Waals surface area contributed by atoms with Gasteiger partial charge in [0.15, 0.2) is 0 Å². The number of hydrogen-bond acceptors (Lipinski definition) is 2. The van der Waals surface area contributed by atoms with Gasteiger partial charge < -0.3 is 0 Å². The van der Waals surface area contributed by atoms with E-state index in [1.165, 1.54) is 11.4 Å². The van der Waals surface area contributed by atoms with Gasteiger partial charge in [0, 0.05) is 0 Å². The van der Waals surface area contributed by atoms with Crippen LogP contribution in [0.2, 0.25) is 0 Å². The Bertz CT molecular complexity index is 433. The van der Waals surface area contributed by atoms with E-state index in [0.717, 1.165) is 36.7 Å².